The van der Waals surface area contributed by atoms with Crippen LogP contribution in [0.1, 0.15) is 39.7 Å². The second kappa shape index (κ2) is 11.2. The highest BCUT2D eigenvalue weighted by Crippen LogP contribution is 2.34. The Kier molecular flexibility index (Phi) is 8.36. The maximum atomic E-state index is 15.4. The molecule has 4 amide bonds. The molecule has 0 saturated carbocycles. The quantitative estimate of drug-likeness (QED) is 0.348. The molecule has 3 heterocycles. The molecule has 2 aliphatic rings. The molecule has 12 heteroatoms. The number of amides is 4. The second-order valence-corrected chi connectivity index (χ2v) is 18.1. The van der Waals surface area contributed by atoms with Gasteiger partial charge in [-0.15, -0.1) is 0 Å². The molecule has 2 atom stereocenters. The van der Waals surface area contributed by atoms with E-state index in [2.05, 4.69) is 24.7 Å². The largest absolute Gasteiger partial charge is 0.444 e. The van der Waals surface area contributed by atoms with E-state index in [-0.39, 0.29) is 32.1 Å². The molecule has 0 spiro atoms. The molecular formula is C27H40FN5O5Si. The number of halogens is 1. The first-order valence-electron chi connectivity index (χ1n) is 13.5. The number of hydrogen-bond donors (Lipinski definition) is 0. The molecule has 4 rings (SSSR count). The molecule has 0 unspecified atom stereocenters. The minimum absolute atomic E-state index is 0.0758. The lowest BCUT2D eigenvalue weighted by atomic mass is 10.0. The van der Waals surface area contributed by atoms with Crippen LogP contribution in [0.3, 0.4) is 0 Å². The van der Waals surface area contributed by atoms with E-state index in [4.69, 9.17) is 9.47 Å². The molecule has 2 saturated heterocycles. The van der Waals surface area contributed by atoms with Crippen molar-refractivity contribution in [1.82, 2.24) is 19.6 Å². The summed E-state index contributed by atoms with van der Waals surface area (Å²) >= 11 is 0. The van der Waals surface area contributed by atoms with E-state index in [0.29, 0.717) is 36.2 Å². The number of imide groups is 1. The molecule has 1 aromatic heterocycles. The Bertz CT molecular complexity index is 1220. The van der Waals surface area contributed by atoms with E-state index in [1.807, 2.05) is 12.1 Å². The number of rotatable bonds is 7. The molecule has 214 valence electrons. The fourth-order valence-corrected chi connectivity index (χ4v) is 5.55. The number of carbonyl (C=O) groups excluding carboxylic acids is 3. The third-order valence-electron chi connectivity index (χ3n) is 6.91. The van der Waals surface area contributed by atoms with Crippen LogP contribution in [0.15, 0.2) is 24.4 Å². The molecule has 0 aliphatic carbocycles. The van der Waals surface area contributed by atoms with E-state index in [1.54, 1.807) is 42.6 Å². The van der Waals surface area contributed by atoms with Gasteiger partial charge in [0.25, 0.3) is 0 Å². The number of fused-ring (bicyclic) bond motifs is 1. The molecule has 0 bridgehead atoms. The lowest BCUT2D eigenvalue weighted by Crippen LogP contribution is -2.53. The van der Waals surface area contributed by atoms with Crippen molar-refractivity contribution in [1.29, 1.82) is 0 Å². The first kappa shape index (κ1) is 29.0. The number of urea groups is 1. The Balaban J connectivity index is 1.49. The number of aromatic nitrogens is 2. The van der Waals surface area contributed by atoms with Crippen LogP contribution in [0.25, 0.3) is 10.9 Å². The number of ether oxygens (including phenoxy) is 2. The third-order valence-corrected chi connectivity index (χ3v) is 8.61. The van der Waals surface area contributed by atoms with Gasteiger partial charge in [-0.2, -0.15) is 5.10 Å². The maximum absolute atomic E-state index is 15.4. The van der Waals surface area contributed by atoms with Crippen LogP contribution in [0.4, 0.5) is 19.7 Å². The molecule has 10 nitrogen and oxygen atoms in total. The zero-order chi connectivity index (χ0) is 28.5. The monoisotopic (exact) mass is 561 g/mol. The van der Waals surface area contributed by atoms with Gasteiger partial charge < -0.3 is 14.4 Å². The van der Waals surface area contributed by atoms with Crippen molar-refractivity contribution in [3.05, 3.63) is 24.4 Å². The maximum Gasteiger partial charge on any atom is 0.410 e. The van der Waals surface area contributed by atoms with E-state index >= 15 is 4.39 Å². The standard InChI is InChI=1S/C27H40FN5O5Si/c1-27(2,3)38-26(36)30-12-10-23(20(28)17-30)33-22-9-7-8-21(19(22)16-29-33)31-13-11-24(34)32(25(31)35)18-37-14-15-39(4,5)6/h7-9,16,20,23H,10-15,17-18H2,1-6H3/t20-,23+/m0/s1. The van der Waals surface area contributed by atoms with Crippen LogP contribution < -0.4 is 4.90 Å². The van der Waals surface area contributed by atoms with Gasteiger partial charge in [-0.25, -0.2) is 18.9 Å². The summed E-state index contributed by atoms with van der Waals surface area (Å²) in [6.07, 6.45) is 0.333. The Labute approximate surface area is 230 Å². The first-order chi connectivity index (χ1) is 18.2. The average molecular weight is 562 g/mol. The fourth-order valence-electron chi connectivity index (χ4n) is 4.79. The van der Waals surface area contributed by atoms with E-state index in [0.717, 1.165) is 10.9 Å². The summed E-state index contributed by atoms with van der Waals surface area (Å²) in [5, 5.41) is 5.20. The van der Waals surface area contributed by atoms with E-state index in [9.17, 15) is 14.4 Å². The molecular weight excluding hydrogens is 521 g/mol. The Morgan fingerprint density at radius 2 is 1.92 bits per heavy atom. The molecule has 0 N–H and O–H groups in total. The van der Waals surface area contributed by atoms with Crippen LogP contribution >= 0.6 is 0 Å². The van der Waals surface area contributed by atoms with E-state index in [1.165, 1.54) is 4.90 Å². The summed E-state index contributed by atoms with van der Waals surface area (Å²) < 4.78 is 28.1. The number of piperidine rings is 1. The second-order valence-electron chi connectivity index (χ2n) is 12.5. The molecule has 39 heavy (non-hydrogen) atoms. The van der Waals surface area contributed by atoms with Crippen molar-refractivity contribution in [3.8, 4) is 0 Å². The van der Waals surface area contributed by atoms with Gasteiger partial charge in [0.2, 0.25) is 5.91 Å². The predicted molar refractivity (Wildman–Crippen MR) is 149 cm³/mol. The van der Waals surface area contributed by atoms with Crippen LogP contribution in [-0.2, 0) is 14.3 Å². The lowest BCUT2D eigenvalue weighted by Gasteiger charge is -2.36. The smallest absolute Gasteiger partial charge is 0.410 e. The van der Waals surface area contributed by atoms with Crippen molar-refractivity contribution in [3.63, 3.8) is 0 Å². The Morgan fingerprint density at radius 3 is 2.59 bits per heavy atom. The average Bonchev–Trinajstić information content (AvgIpc) is 3.26. The minimum Gasteiger partial charge on any atom is -0.444 e. The summed E-state index contributed by atoms with van der Waals surface area (Å²) in [6, 6.07) is 5.40. The number of hydrogen-bond acceptors (Lipinski definition) is 6. The van der Waals surface area contributed by atoms with Crippen molar-refractivity contribution < 1.29 is 28.2 Å². The summed E-state index contributed by atoms with van der Waals surface area (Å²) in [5.41, 5.74) is 0.652. The fraction of sp³-hybridized carbons (Fsp3) is 0.630. The van der Waals surface area contributed by atoms with Gasteiger partial charge in [0, 0.05) is 39.6 Å². The Hall–Kier alpha value is -2.99. The summed E-state index contributed by atoms with van der Waals surface area (Å²) in [4.78, 5) is 42.4. The molecule has 2 fully saturated rings. The molecule has 2 aliphatic heterocycles. The third kappa shape index (κ3) is 6.78. The van der Waals surface area contributed by atoms with Crippen LogP contribution in [0, 0.1) is 0 Å². The van der Waals surface area contributed by atoms with E-state index < -0.39 is 38.0 Å². The number of nitrogens with zero attached hydrogens (tertiary/aromatic N) is 5. The molecule has 0 radical (unpaired) electrons. The highest BCUT2D eigenvalue weighted by molar-refractivity contribution is 6.76. The van der Waals surface area contributed by atoms with Crippen molar-refractivity contribution in [2.45, 2.75) is 77.1 Å². The van der Waals surface area contributed by atoms with Gasteiger partial charge >= 0.3 is 12.1 Å². The van der Waals surface area contributed by atoms with Gasteiger partial charge in [0.05, 0.1) is 30.0 Å². The van der Waals surface area contributed by atoms with Crippen LogP contribution in [-0.4, -0.2) is 90.4 Å². The van der Waals surface area contributed by atoms with Crippen molar-refractivity contribution >= 4 is 42.7 Å². The predicted octanol–water partition coefficient (Wildman–Crippen LogP) is 5.03. The highest BCUT2D eigenvalue weighted by atomic mass is 28.3. The minimum atomic E-state index is -1.34. The number of anilines is 1. The Morgan fingerprint density at radius 1 is 1.18 bits per heavy atom. The van der Waals surface area contributed by atoms with Gasteiger partial charge in [-0.3, -0.25) is 14.4 Å². The van der Waals surface area contributed by atoms with Gasteiger partial charge in [0.1, 0.15) is 18.5 Å². The number of likely N-dealkylation sites (tertiary alicyclic amines) is 1. The van der Waals surface area contributed by atoms with Crippen molar-refractivity contribution in [2.24, 2.45) is 0 Å². The summed E-state index contributed by atoms with van der Waals surface area (Å²) in [6.45, 7) is 13.0. The normalized spacial score (nSPS) is 21.2. The summed E-state index contributed by atoms with van der Waals surface area (Å²) in [7, 11) is -1.30. The molecule has 1 aromatic carbocycles. The zero-order valence-corrected chi connectivity index (χ0v) is 24.8. The lowest BCUT2D eigenvalue weighted by molar-refractivity contribution is -0.133. The number of carbonyl (C=O) groups is 3. The first-order valence-corrected chi connectivity index (χ1v) is 17.2. The SMILES string of the molecule is CC(C)(C)OC(=O)N1CC[C@@H](n2ncc3c(N4CCC(=O)N(COCC[Si](C)(C)C)C4=O)cccc32)[C@@H](F)C1. The number of alkyl halides is 1. The highest BCUT2D eigenvalue weighted by Gasteiger charge is 2.37. The van der Waals surface area contributed by atoms with Gasteiger partial charge in [0.15, 0.2) is 0 Å². The zero-order valence-electron chi connectivity index (χ0n) is 23.8. The van der Waals surface area contributed by atoms with Gasteiger partial charge in [-0.05, 0) is 45.4 Å². The van der Waals surface area contributed by atoms with Crippen LogP contribution in [0.2, 0.25) is 25.7 Å². The number of benzene rings is 1. The van der Waals surface area contributed by atoms with Gasteiger partial charge in [-0.1, -0.05) is 25.7 Å². The topological polar surface area (TPSA) is 97.2 Å². The molecule has 2 aromatic rings. The van der Waals surface area contributed by atoms with Crippen molar-refractivity contribution in [2.75, 3.05) is 37.9 Å². The van der Waals surface area contributed by atoms with Crippen LogP contribution in [0.5, 0.6) is 0 Å². The summed E-state index contributed by atoms with van der Waals surface area (Å²) in [5.74, 6) is -0.260.